The summed E-state index contributed by atoms with van der Waals surface area (Å²) in [6, 6.07) is 22.9. The van der Waals surface area contributed by atoms with Gasteiger partial charge in [-0.2, -0.15) is 4.68 Å². The van der Waals surface area contributed by atoms with Crippen LogP contribution >= 0.6 is 11.8 Å². The van der Waals surface area contributed by atoms with E-state index in [4.69, 9.17) is 4.74 Å². The van der Waals surface area contributed by atoms with E-state index in [2.05, 4.69) is 20.8 Å². The molecule has 162 valence electrons. The lowest BCUT2D eigenvalue weighted by Gasteiger charge is -2.20. The molecule has 0 radical (unpaired) electrons. The molecule has 9 heteroatoms. The molecule has 4 rings (SSSR count). The number of nitrogens with zero attached hydrogens (tertiary/aromatic N) is 4. The standard InChI is InChI=1S/C23H20FN5O2S/c1-31-20-12-10-17(11-13-20)22(16-6-3-2-4-7-16)25-21(30)15-32-23-26-27-28-29(23)19-9-5-8-18(24)14-19/h2-14,22H,15H2,1H3,(H,25,30)/t22-/m1/s1. The smallest absolute Gasteiger partial charge is 0.231 e. The van der Waals surface area contributed by atoms with Gasteiger partial charge in [0.15, 0.2) is 0 Å². The summed E-state index contributed by atoms with van der Waals surface area (Å²) in [5, 5.41) is 15.0. The van der Waals surface area contributed by atoms with Gasteiger partial charge in [0.2, 0.25) is 11.1 Å². The van der Waals surface area contributed by atoms with E-state index in [1.165, 1.54) is 28.6 Å². The van der Waals surface area contributed by atoms with Crippen LogP contribution in [0.3, 0.4) is 0 Å². The molecule has 0 saturated heterocycles. The maximum absolute atomic E-state index is 13.6. The van der Waals surface area contributed by atoms with Crippen molar-refractivity contribution in [3.63, 3.8) is 0 Å². The monoisotopic (exact) mass is 449 g/mol. The quantitative estimate of drug-likeness (QED) is 0.412. The first kappa shape index (κ1) is 21.5. The average Bonchev–Trinajstić information content (AvgIpc) is 3.31. The molecule has 1 heterocycles. The summed E-state index contributed by atoms with van der Waals surface area (Å²) in [6.45, 7) is 0. The van der Waals surface area contributed by atoms with E-state index in [0.717, 1.165) is 16.9 Å². The van der Waals surface area contributed by atoms with Gasteiger partial charge in [-0.15, -0.1) is 5.10 Å². The summed E-state index contributed by atoms with van der Waals surface area (Å²) in [6.07, 6.45) is 0. The molecule has 0 spiro atoms. The lowest BCUT2D eigenvalue weighted by Crippen LogP contribution is -2.30. The number of hydrogen-bond donors (Lipinski definition) is 1. The average molecular weight is 450 g/mol. The molecule has 0 saturated carbocycles. The molecule has 1 N–H and O–H groups in total. The topological polar surface area (TPSA) is 81.9 Å². The van der Waals surface area contributed by atoms with Gasteiger partial charge in [-0.05, 0) is 51.9 Å². The molecule has 1 amide bonds. The third kappa shape index (κ3) is 5.12. The Labute approximate surface area is 188 Å². The predicted molar refractivity (Wildman–Crippen MR) is 119 cm³/mol. The van der Waals surface area contributed by atoms with Gasteiger partial charge in [0.25, 0.3) is 0 Å². The van der Waals surface area contributed by atoms with E-state index in [1.807, 2.05) is 54.6 Å². The first-order valence-corrected chi connectivity index (χ1v) is 10.8. The van der Waals surface area contributed by atoms with Crippen LogP contribution in [0.4, 0.5) is 4.39 Å². The minimum absolute atomic E-state index is 0.0924. The minimum Gasteiger partial charge on any atom is -0.497 e. The molecule has 7 nitrogen and oxygen atoms in total. The fraction of sp³-hybridized carbons (Fsp3) is 0.130. The van der Waals surface area contributed by atoms with Crippen LogP contribution in [0, 0.1) is 5.82 Å². The van der Waals surface area contributed by atoms with E-state index < -0.39 is 5.82 Å². The van der Waals surface area contributed by atoms with Gasteiger partial charge in [0.1, 0.15) is 11.6 Å². The Hall–Kier alpha value is -3.72. The summed E-state index contributed by atoms with van der Waals surface area (Å²) in [5.74, 6) is 0.256. The molecular formula is C23H20FN5O2S. The van der Waals surface area contributed by atoms with Crippen molar-refractivity contribution in [2.24, 2.45) is 0 Å². The molecule has 0 aliphatic carbocycles. The SMILES string of the molecule is COc1ccc([C@H](NC(=O)CSc2nnnn2-c2cccc(F)c2)c2ccccc2)cc1. The molecule has 1 atom stereocenters. The van der Waals surface area contributed by atoms with Crippen molar-refractivity contribution in [2.45, 2.75) is 11.2 Å². The number of halogens is 1. The van der Waals surface area contributed by atoms with Crippen LogP contribution in [-0.2, 0) is 4.79 Å². The Morgan fingerprint density at radius 2 is 1.81 bits per heavy atom. The zero-order valence-electron chi connectivity index (χ0n) is 17.2. The van der Waals surface area contributed by atoms with Crippen LogP contribution in [0.5, 0.6) is 5.75 Å². The van der Waals surface area contributed by atoms with Gasteiger partial charge < -0.3 is 10.1 Å². The second kappa shape index (κ2) is 10.1. The number of tetrazole rings is 1. The molecule has 0 aliphatic heterocycles. The summed E-state index contributed by atoms with van der Waals surface area (Å²) < 4.78 is 20.2. The third-order valence-electron chi connectivity index (χ3n) is 4.71. The third-order valence-corrected chi connectivity index (χ3v) is 5.63. The Kier molecular flexibility index (Phi) is 6.76. The lowest BCUT2D eigenvalue weighted by atomic mass is 9.98. The first-order chi connectivity index (χ1) is 15.6. The molecule has 0 unspecified atom stereocenters. The second-order valence-electron chi connectivity index (χ2n) is 6.83. The van der Waals surface area contributed by atoms with E-state index in [9.17, 15) is 9.18 Å². The van der Waals surface area contributed by atoms with Crippen LogP contribution in [-0.4, -0.2) is 39.0 Å². The lowest BCUT2D eigenvalue weighted by molar-refractivity contribution is -0.119. The maximum Gasteiger partial charge on any atom is 0.231 e. The predicted octanol–water partition coefficient (Wildman–Crippen LogP) is 3.81. The highest BCUT2D eigenvalue weighted by Crippen LogP contribution is 2.25. The number of ether oxygens (including phenoxy) is 1. The normalized spacial score (nSPS) is 11.7. The van der Waals surface area contributed by atoms with E-state index >= 15 is 0 Å². The number of hydrogen-bond acceptors (Lipinski definition) is 6. The summed E-state index contributed by atoms with van der Waals surface area (Å²) >= 11 is 1.17. The van der Waals surface area contributed by atoms with Crippen molar-refractivity contribution in [1.29, 1.82) is 0 Å². The van der Waals surface area contributed by atoms with Crippen LogP contribution in [0.1, 0.15) is 17.2 Å². The molecule has 3 aromatic carbocycles. The van der Waals surface area contributed by atoms with E-state index in [-0.39, 0.29) is 17.7 Å². The van der Waals surface area contributed by atoms with Gasteiger partial charge in [-0.3, -0.25) is 4.79 Å². The molecule has 32 heavy (non-hydrogen) atoms. The van der Waals surface area contributed by atoms with E-state index in [0.29, 0.717) is 10.8 Å². The van der Waals surface area contributed by atoms with Crippen molar-refractivity contribution in [1.82, 2.24) is 25.5 Å². The number of carbonyl (C=O) groups is 1. The molecule has 0 aliphatic rings. The van der Waals surface area contributed by atoms with Gasteiger partial charge in [0, 0.05) is 0 Å². The number of benzene rings is 3. The number of thioether (sulfide) groups is 1. The Morgan fingerprint density at radius 3 is 2.53 bits per heavy atom. The number of amides is 1. The van der Waals surface area contributed by atoms with Crippen LogP contribution in [0.25, 0.3) is 5.69 Å². The van der Waals surface area contributed by atoms with Crippen molar-refractivity contribution < 1.29 is 13.9 Å². The highest BCUT2D eigenvalue weighted by atomic mass is 32.2. The van der Waals surface area contributed by atoms with Crippen molar-refractivity contribution in [2.75, 3.05) is 12.9 Å². The number of rotatable bonds is 8. The number of methoxy groups -OCH3 is 1. The van der Waals surface area contributed by atoms with Crippen molar-refractivity contribution in [3.8, 4) is 11.4 Å². The maximum atomic E-state index is 13.6. The number of nitrogens with one attached hydrogen (secondary N) is 1. The fourth-order valence-corrected chi connectivity index (χ4v) is 3.87. The molecule has 0 fully saturated rings. The van der Waals surface area contributed by atoms with Gasteiger partial charge in [0.05, 0.1) is 24.6 Å². The Balaban J connectivity index is 1.48. The molecular weight excluding hydrogens is 429 g/mol. The van der Waals surface area contributed by atoms with Crippen LogP contribution in [0.2, 0.25) is 0 Å². The van der Waals surface area contributed by atoms with Crippen molar-refractivity contribution >= 4 is 17.7 Å². The largest absolute Gasteiger partial charge is 0.497 e. The summed E-state index contributed by atoms with van der Waals surface area (Å²) in [4.78, 5) is 12.8. The summed E-state index contributed by atoms with van der Waals surface area (Å²) in [7, 11) is 1.61. The zero-order valence-corrected chi connectivity index (χ0v) is 18.0. The second-order valence-corrected chi connectivity index (χ2v) is 7.77. The fourth-order valence-electron chi connectivity index (χ4n) is 3.17. The Morgan fingerprint density at radius 1 is 1.06 bits per heavy atom. The van der Waals surface area contributed by atoms with E-state index in [1.54, 1.807) is 19.2 Å². The highest BCUT2D eigenvalue weighted by Gasteiger charge is 2.18. The van der Waals surface area contributed by atoms with Crippen LogP contribution in [0.15, 0.2) is 84.0 Å². The molecule has 0 bridgehead atoms. The molecule has 1 aromatic heterocycles. The van der Waals surface area contributed by atoms with Crippen molar-refractivity contribution in [3.05, 3.63) is 95.8 Å². The number of aromatic nitrogens is 4. The molecule has 4 aromatic rings. The minimum atomic E-state index is -0.392. The highest BCUT2D eigenvalue weighted by molar-refractivity contribution is 7.99. The van der Waals surface area contributed by atoms with Gasteiger partial charge in [-0.1, -0.05) is 60.3 Å². The Bertz CT molecular complexity index is 1180. The first-order valence-electron chi connectivity index (χ1n) is 9.79. The zero-order chi connectivity index (χ0) is 22.3. The van der Waals surface area contributed by atoms with Crippen LogP contribution < -0.4 is 10.1 Å². The number of carbonyl (C=O) groups excluding carboxylic acids is 1. The van der Waals surface area contributed by atoms with Gasteiger partial charge >= 0.3 is 0 Å². The summed E-state index contributed by atoms with van der Waals surface area (Å²) in [5.41, 5.74) is 2.37. The van der Waals surface area contributed by atoms with Gasteiger partial charge in [-0.25, -0.2) is 4.39 Å².